The Morgan fingerprint density at radius 1 is 0.958 bits per heavy atom. The largest absolute Gasteiger partial charge is 0.459 e. The minimum atomic E-state index is -0.890. The number of hydrogen-bond acceptors (Lipinski definition) is 6. The quantitative estimate of drug-likeness (QED) is 0.259. The summed E-state index contributed by atoms with van der Waals surface area (Å²) in [6.45, 7) is 13.8. The second-order valence-corrected chi connectivity index (χ2v) is 7.58. The van der Waals surface area contributed by atoms with Gasteiger partial charge in [0.1, 0.15) is 6.10 Å². The average molecular weight is 356 g/mol. The first-order valence-corrected chi connectivity index (χ1v) is 9.25. The molecule has 0 saturated heterocycles. The molecule has 2 unspecified atom stereocenters. The Labute approximate surface area is 146 Å². The molecule has 0 saturated carbocycles. The van der Waals surface area contributed by atoms with Gasteiger partial charge in [0.05, 0.1) is 0 Å². The first-order chi connectivity index (χ1) is 11.0. The highest BCUT2D eigenvalue weighted by molar-refractivity contribution is 6.37. The van der Waals surface area contributed by atoms with E-state index in [4.69, 9.17) is 14.2 Å². The summed E-state index contributed by atoms with van der Waals surface area (Å²) in [6, 6.07) is 0.603. The van der Waals surface area contributed by atoms with E-state index >= 15 is 0 Å². The second kappa shape index (κ2) is 11.0. The highest BCUT2D eigenvalue weighted by atomic mass is 28.2. The summed E-state index contributed by atoms with van der Waals surface area (Å²) < 4.78 is 15.5. The molecular weight excluding hydrogens is 328 g/mol. The fourth-order valence-corrected chi connectivity index (χ4v) is 3.25. The van der Waals surface area contributed by atoms with E-state index in [-0.39, 0.29) is 21.5 Å². The van der Waals surface area contributed by atoms with Crippen molar-refractivity contribution >= 4 is 27.4 Å². The molecular formula is C17H28O6Si. The van der Waals surface area contributed by atoms with Crippen LogP contribution in [0.5, 0.6) is 0 Å². The Bertz CT molecular complexity index is 444. The maximum absolute atomic E-state index is 11.8. The molecule has 2 radical (unpaired) electrons. The lowest BCUT2D eigenvalue weighted by Crippen LogP contribution is -2.33. The second-order valence-electron chi connectivity index (χ2n) is 6.29. The molecule has 0 aromatic rings. The van der Waals surface area contributed by atoms with E-state index in [2.05, 4.69) is 20.4 Å². The van der Waals surface area contributed by atoms with Gasteiger partial charge in [0, 0.05) is 19.4 Å². The van der Waals surface area contributed by atoms with Crippen molar-refractivity contribution < 1.29 is 28.6 Å². The van der Waals surface area contributed by atoms with Crippen LogP contribution in [0.15, 0.2) is 12.2 Å². The molecule has 0 bridgehead atoms. The topological polar surface area (TPSA) is 78.9 Å². The van der Waals surface area contributed by atoms with Crippen LogP contribution in [0.4, 0.5) is 0 Å². The zero-order valence-electron chi connectivity index (χ0n) is 15.4. The molecule has 0 amide bonds. The molecule has 0 heterocycles. The van der Waals surface area contributed by atoms with Crippen molar-refractivity contribution in [2.45, 2.75) is 66.0 Å². The number of rotatable bonds is 10. The van der Waals surface area contributed by atoms with Crippen LogP contribution >= 0.6 is 0 Å². The number of carbonyl (C=O) groups excluding carboxylic acids is 3. The number of esters is 3. The van der Waals surface area contributed by atoms with E-state index in [1.165, 1.54) is 13.8 Å². The zero-order chi connectivity index (χ0) is 18.9. The maximum Gasteiger partial charge on any atom is 0.333 e. The van der Waals surface area contributed by atoms with Gasteiger partial charge in [0.2, 0.25) is 5.91 Å². The van der Waals surface area contributed by atoms with Gasteiger partial charge < -0.3 is 14.2 Å². The number of carbonyl (C=O) groups is 3. The molecule has 0 aliphatic carbocycles. The van der Waals surface area contributed by atoms with Gasteiger partial charge in [-0.05, 0) is 31.2 Å². The Morgan fingerprint density at radius 2 is 1.46 bits per heavy atom. The number of hydrogen-bond donors (Lipinski definition) is 0. The monoisotopic (exact) mass is 356 g/mol. The third kappa shape index (κ3) is 10.2. The van der Waals surface area contributed by atoms with E-state index in [0.29, 0.717) is 17.5 Å². The van der Waals surface area contributed by atoms with Gasteiger partial charge in [-0.2, -0.15) is 0 Å². The van der Waals surface area contributed by atoms with Crippen LogP contribution in [-0.2, 0) is 28.6 Å². The van der Waals surface area contributed by atoms with Gasteiger partial charge >= 0.3 is 17.9 Å². The highest BCUT2D eigenvalue weighted by Gasteiger charge is 2.26. The van der Waals surface area contributed by atoms with Gasteiger partial charge in [-0.1, -0.05) is 27.4 Å². The van der Waals surface area contributed by atoms with Crippen LogP contribution < -0.4 is 0 Å². The van der Waals surface area contributed by atoms with E-state index in [1.807, 2.05) is 6.92 Å². The third-order valence-corrected chi connectivity index (χ3v) is 4.55. The van der Waals surface area contributed by atoms with Crippen molar-refractivity contribution in [3.63, 3.8) is 0 Å². The van der Waals surface area contributed by atoms with Crippen molar-refractivity contribution in [1.29, 1.82) is 0 Å². The number of ether oxygens (including phenoxy) is 3. The van der Waals surface area contributed by atoms with Gasteiger partial charge in [0.25, 0.3) is 0 Å². The normalized spacial score (nSPS) is 13.3. The molecule has 2 atom stereocenters. The van der Waals surface area contributed by atoms with Gasteiger partial charge in [-0.15, -0.1) is 0 Å². The predicted molar refractivity (Wildman–Crippen MR) is 91.2 cm³/mol. The SMILES string of the molecule is C=C(C)C(=O)OC(CC(C)C)C(C)C[Si]C(OC(C)=O)OC(C)=O. The Kier molecular flexibility index (Phi) is 10.3. The van der Waals surface area contributed by atoms with Crippen LogP contribution in [0.2, 0.25) is 6.04 Å². The fraction of sp³-hybridized carbons (Fsp3) is 0.706. The van der Waals surface area contributed by atoms with E-state index < -0.39 is 23.8 Å². The van der Waals surface area contributed by atoms with E-state index in [9.17, 15) is 14.4 Å². The summed E-state index contributed by atoms with van der Waals surface area (Å²) in [4.78, 5) is 34.0. The van der Waals surface area contributed by atoms with E-state index in [1.54, 1.807) is 6.92 Å². The van der Waals surface area contributed by atoms with Crippen molar-refractivity contribution in [1.82, 2.24) is 0 Å². The Hall–Kier alpha value is -1.63. The molecule has 0 fully saturated rings. The molecule has 0 aromatic carbocycles. The minimum absolute atomic E-state index is 0.0302. The lowest BCUT2D eigenvalue weighted by atomic mass is 9.97. The van der Waals surface area contributed by atoms with Gasteiger partial charge in [-0.25, -0.2) is 4.79 Å². The molecule has 136 valence electrons. The molecule has 0 rings (SSSR count). The maximum atomic E-state index is 11.8. The third-order valence-electron chi connectivity index (χ3n) is 3.10. The van der Waals surface area contributed by atoms with Crippen LogP contribution in [-0.4, -0.2) is 39.4 Å². The lowest BCUT2D eigenvalue weighted by Gasteiger charge is -2.26. The molecule has 0 aromatic heterocycles. The zero-order valence-corrected chi connectivity index (χ0v) is 16.4. The van der Waals surface area contributed by atoms with Crippen LogP contribution in [0, 0.1) is 11.8 Å². The Morgan fingerprint density at radius 3 is 1.83 bits per heavy atom. The highest BCUT2D eigenvalue weighted by Crippen LogP contribution is 2.21. The van der Waals surface area contributed by atoms with Crippen LogP contribution in [0.1, 0.15) is 48.0 Å². The summed E-state index contributed by atoms with van der Waals surface area (Å²) in [5.74, 6) is -1.92. The lowest BCUT2D eigenvalue weighted by molar-refractivity contribution is -0.171. The molecule has 0 N–H and O–H groups in total. The van der Waals surface area contributed by atoms with Gasteiger partial charge in [-0.3, -0.25) is 9.59 Å². The average Bonchev–Trinajstić information content (AvgIpc) is 2.41. The summed E-state index contributed by atoms with van der Waals surface area (Å²) in [6.07, 6.45) is 0.452. The van der Waals surface area contributed by atoms with Crippen molar-refractivity contribution in [2.75, 3.05) is 0 Å². The molecule has 0 aliphatic rings. The summed E-state index contributed by atoms with van der Waals surface area (Å²) in [7, 11) is 0.0699. The van der Waals surface area contributed by atoms with Gasteiger partial charge in [0.15, 0.2) is 9.52 Å². The smallest absolute Gasteiger partial charge is 0.333 e. The molecule has 24 heavy (non-hydrogen) atoms. The molecule has 7 heteroatoms. The predicted octanol–water partition coefficient (Wildman–Crippen LogP) is 2.69. The fourth-order valence-electron chi connectivity index (χ4n) is 1.92. The molecule has 0 aliphatic heterocycles. The summed E-state index contributed by atoms with van der Waals surface area (Å²) >= 11 is 0. The van der Waals surface area contributed by atoms with Crippen molar-refractivity contribution in [2.24, 2.45) is 11.8 Å². The van der Waals surface area contributed by atoms with E-state index in [0.717, 1.165) is 6.42 Å². The van der Waals surface area contributed by atoms with Crippen LogP contribution in [0.25, 0.3) is 0 Å². The first-order valence-electron chi connectivity index (χ1n) is 7.97. The molecule has 6 nitrogen and oxygen atoms in total. The van der Waals surface area contributed by atoms with Crippen molar-refractivity contribution in [3.05, 3.63) is 12.2 Å². The Balaban J connectivity index is 4.78. The van der Waals surface area contributed by atoms with Crippen LogP contribution in [0.3, 0.4) is 0 Å². The standard InChI is InChI=1S/C17H28O6Si/c1-10(2)8-15(23-16(20)11(3)4)12(5)9-24-17(21-13(6)18)22-14(7)19/h10,12,15,17H,3,8-9H2,1-2,4-7H3. The summed E-state index contributed by atoms with van der Waals surface area (Å²) in [5, 5.41) is 0. The summed E-state index contributed by atoms with van der Waals surface area (Å²) in [5.41, 5.74) is 0.358. The first kappa shape index (κ1) is 22.4. The van der Waals surface area contributed by atoms with Crippen molar-refractivity contribution in [3.8, 4) is 0 Å². The molecule has 0 spiro atoms. The minimum Gasteiger partial charge on any atom is -0.459 e.